The fourth-order valence-corrected chi connectivity index (χ4v) is 6.87. The van der Waals surface area contributed by atoms with Gasteiger partial charge in [-0.2, -0.15) is 0 Å². The van der Waals surface area contributed by atoms with Crippen LogP contribution in [-0.2, 0) is 23.9 Å². The van der Waals surface area contributed by atoms with Gasteiger partial charge in [0, 0.05) is 28.5 Å². The normalized spacial score (nSPS) is 19.5. The second-order valence-electron chi connectivity index (χ2n) is 7.84. The molecule has 2 amide bonds. The number of ether oxygens (including phenoxy) is 1. The number of fused-ring (bicyclic) bond motifs is 1. The summed E-state index contributed by atoms with van der Waals surface area (Å²) in [6, 6.07) is 5.16. The van der Waals surface area contributed by atoms with Gasteiger partial charge in [0.05, 0.1) is 11.3 Å². The molecule has 1 aromatic carbocycles. The molecule has 15 heteroatoms. The van der Waals surface area contributed by atoms with E-state index in [4.69, 9.17) is 10.5 Å². The van der Waals surface area contributed by atoms with Crippen LogP contribution in [0.15, 0.2) is 45.8 Å². The Labute approximate surface area is 222 Å². The Balaban J connectivity index is 1.56. The minimum Gasteiger partial charge on any atom is -0.478 e. The molecule has 37 heavy (non-hydrogen) atoms. The van der Waals surface area contributed by atoms with Gasteiger partial charge in [-0.1, -0.05) is 12.1 Å². The number of benzene rings is 1. The summed E-state index contributed by atoms with van der Waals surface area (Å²) in [6.07, 6.45) is 0. The first-order chi connectivity index (χ1) is 17.6. The number of esters is 1. The van der Waals surface area contributed by atoms with Gasteiger partial charge >= 0.3 is 17.9 Å². The molecule has 0 saturated carbocycles. The van der Waals surface area contributed by atoms with Gasteiger partial charge in [0.2, 0.25) is 5.91 Å². The van der Waals surface area contributed by atoms with Gasteiger partial charge in [-0.3, -0.25) is 19.3 Å². The lowest BCUT2D eigenvalue weighted by molar-refractivity contribution is -0.151. The molecule has 5 N–H and O–H groups in total. The highest BCUT2D eigenvalue weighted by molar-refractivity contribution is 8.00. The molecule has 0 radical (unpaired) electrons. The van der Waals surface area contributed by atoms with Crippen molar-refractivity contribution < 1.29 is 38.9 Å². The fourth-order valence-electron chi connectivity index (χ4n) is 3.75. The molecule has 1 unspecified atom stereocenters. The number of carboxylic acid groups (broad SMARTS) is 2. The predicted octanol–water partition coefficient (Wildman–Crippen LogP) is 1.56. The number of nitrogens with zero attached hydrogens (tertiary/aromatic N) is 2. The minimum absolute atomic E-state index is 0.00113. The standard InChI is InChI=1S/C22H20N4O8S3/c1-9(27)34-6-10-7-35-19-14(18(29)26(19)15(10)21(32)33)25-17(28)16(12-8-36-22(23)24-12)37-13-5-3-2-4-11(13)20(30)31/h2-5,8,14,16,19H,6-7H2,1H3,(H2,23,24)(H,25,28)(H,30,31)(H,32,33)/t14-,16?,19-/m1/s1. The highest BCUT2D eigenvalue weighted by atomic mass is 32.2. The van der Waals surface area contributed by atoms with E-state index < -0.39 is 46.4 Å². The van der Waals surface area contributed by atoms with Gasteiger partial charge in [-0.05, 0) is 12.1 Å². The number of carbonyl (C=O) groups excluding carboxylic acids is 3. The molecular weight excluding hydrogens is 544 g/mol. The molecule has 0 bridgehead atoms. The van der Waals surface area contributed by atoms with Crippen LogP contribution in [0, 0.1) is 0 Å². The number of thiazole rings is 1. The van der Waals surface area contributed by atoms with E-state index in [-0.39, 0.29) is 34.3 Å². The third kappa shape index (κ3) is 5.42. The van der Waals surface area contributed by atoms with Gasteiger partial charge in [-0.25, -0.2) is 14.6 Å². The molecule has 1 saturated heterocycles. The third-order valence-electron chi connectivity index (χ3n) is 5.41. The molecule has 2 aromatic rings. The number of carboxylic acids is 2. The van der Waals surface area contributed by atoms with Gasteiger partial charge in [0.15, 0.2) is 5.13 Å². The zero-order chi connectivity index (χ0) is 26.9. The number of thioether (sulfide) groups is 2. The number of nitrogens with one attached hydrogen (secondary N) is 1. The smallest absolute Gasteiger partial charge is 0.352 e. The molecule has 1 aromatic heterocycles. The molecule has 2 aliphatic rings. The highest BCUT2D eigenvalue weighted by Crippen LogP contribution is 2.42. The number of nitrogen functional groups attached to an aromatic ring is 1. The van der Waals surface area contributed by atoms with E-state index in [1.807, 2.05) is 0 Å². The van der Waals surface area contributed by atoms with Crippen molar-refractivity contribution in [2.45, 2.75) is 28.5 Å². The van der Waals surface area contributed by atoms with E-state index in [9.17, 15) is 34.2 Å². The second-order valence-corrected chi connectivity index (χ2v) is 11.0. The first-order valence-electron chi connectivity index (χ1n) is 10.6. The van der Waals surface area contributed by atoms with Crippen LogP contribution in [0.2, 0.25) is 0 Å². The van der Waals surface area contributed by atoms with Crippen molar-refractivity contribution in [1.82, 2.24) is 15.2 Å². The van der Waals surface area contributed by atoms with Crippen LogP contribution < -0.4 is 11.1 Å². The summed E-state index contributed by atoms with van der Waals surface area (Å²) in [4.78, 5) is 66.7. The SMILES string of the molecule is CC(=O)OCC1=C(C(=O)O)N2C(=O)[C@@H](NC(=O)C(Sc3ccccc3C(=O)O)c3csc(N)n3)[C@H]2SC1. The van der Waals surface area contributed by atoms with Crippen molar-refractivity contribution >= 4 is 69.7 Å². The number of carbonyl (C=O) groups is 5. The van der Waals surface area contributed by atoms with Gasteiger partial charge in [0.25, 0.3) is 5.91 Å². The monoisotopic (exact) mass is 564 g/mol. The van der Waals surface area contributed by atoms with E-state index >= 15 is 0 Å². The Morgan fingerprint density at radius 2 is 2.00 bits per heavy atom. The number of amides is 2. The number of nitrogens with two attached hydrogens (primary N) is 1. The average Bonchev–Trinajstić information content (AvgIpc) is 3.29. The van der Waals surface area contributed by atoms with Crippen molar-refractivity contribution in [3.05, 3.63) is 52.2 Å². The molecule has 3 heterocycles. The molecule has 194 valence electrons. The Morgan fingerprint density at radius 1 is 1.27 bits per heavy atom. The fraction of sp³-hybridized carbons (Fsp3) is 0.273. The molecule has 4 rings (SSSR count). The van der Waals surface area contributed by atoms with Crippen LogP contribution in [-0.4, -0.2) is 73.6 Å². The van der Waals surface area contributed by atoms with E-state index in [2.05, 4.69) is 10.3 Å². The summed E-state index contributed by atoms with van der Waals surface area (Å²) >= 11 is 3.29. The summed E-state index contributed by atoms with van der Waals surface area (Å²) in [5, 5.41) is 22.0. The Bertz CT molecular complexity index is 1330. The second kappa shape index (κ2) is 10.8. The largest absolute Gasteiger partial charge is 0.478 e. The summed E-state index contributed by atoms with van der Waals surface area (Å²) in [7, 11) is 0. The van der Waals surface area contributed by atoms with Crippen molar-refractivity contribution in [3.8, 4) is 0 Å². The number of aliphatic carboxylic acids is 1. The van der Waals surface area contributed by atoms with Crippen LogP contribution in [0.3, 0.4) is 0 Å². The summed E-state index contributed by atoms with van der Waals surface area (Å²) in [6.45, 7) is 0.934. The predicted molar refractivity (Wildman–Crippen MR) is 135 cm³/mol. The number of anilines is 1. The van der Waals surface area contributed by atoms with Crippen LogP contribution >= 0.6 is 34.9 Å². The van der Waals surface area contributed by atoms with Crippen molar-refractivity contribution in [2.75, 3.05) is 18.1 Å². The minimum atomic E-state index is -1.35. The van der Waals surface area contributed by atoms with Gasteiger partial charge < -0.3 is 26.0 Å². The number of rotatable bonds is 9. The molecule has 0 spiro atoms. The topological polar surface area (TPSA) is 189 Å². The Hall–Kier alpha value is -3.56. The maximum Gasteiger partial charge on any atom is 0.352 e. The first-order valence-corrected chi connectivity index (χ1v) is 13.4. The summed E-state index contributed by atoms with van der Waals surface area (Å²) in [5.74, 6) is -4.15. The summed E-state index contributed by atoms with van der Waals surface area (Å²) < 4.78 is 4.92. The molecule has 1 fully saturated rings. The lowest BCUT2D eigenvalue weighted by atomic mass is 10.0. The number of aromatic nitrogens is 1. The van der Waals surface area contributed by atoms with E-state index in [1.54, 1.807) is 23.6 Å². The van der Waals surface area contributed by atoms with Crippen LogP contribution in [0.1, 0.15) is 28.2 Å². The lowest BCUT2D eigenvalue weighted by Crippen LogP contribution is -2.70. The van der Waals surface area contributed by atoms with Crippen LogP contribution in [0.4, 0.5) is 5.13 Å². The first kappa shape index (κ1) is 26.5. The van der Waals surface area contributed by atoms with E-state index in [1.165, 1.54) is 24.8 Å². The Kier molecular flexibility index (Phi) is 7.75. The maximum absolute atomic E-state index is 13.4. The number of aromatic carboxylic acids is 1. The number of β-lactam (4-membered cyclic amide) rings is 1. The number of hydrogen-bond donors (Lipinski definition) is 4. The molecule has 0 aliphatic carbocycles. The van der Waals surface area contributed by atoms with Crippen molar-refractivity contribution in [1.29, 1.82) is 0 Å². The quantitative estimate of drug-likeness (QED) is 0.196. The van der Waals surface area contributed by atoms with Gasteiger partial charge in [-0.15, -0.1) is 34.9 Å². The summed E-state index contributed by atoms with van der Waals surface area (Å²) in [5.41, 5.74) is 6.05. The zero-order valence-corrected chi connectivity index (χ0v) is 21.5. The molecule has 3 atom stereocenters. The lowest BCUT2D eigenvalue weighted by Gasteiger charge is -2.49. The maximum atomic E-state index is 13.4. The molecule has 12 nitrogen and oxygen atoms in total. The van der Waals surface area contributed by atoms with Crippen molar-refractivity contribution in [2.24, 2.45) is 0 Å². The average molecular weight is 565 g/mol. The number of hydrogen-bond acceptors (Lipinski definition) is 11. The zero-order valence-electron chi connectivity index (χ0n) is 19.1. The molecule has 2 aliphatic heterocycles. The van der Waals surface area contributed by atoms with Crippen LogP contribution in [0.25, 0.3) is 0 Å². The van der Waals surface area contributed by atoms with Crippen molar-refractivity contribution in [3.63, 3.8) is 0 Å². The van der Waals surface area contributed by atoms with Gasteiger partial charge in [0.1, 0.15) is 29.0 Å². The van der Waals surface area contributed by atoms with Crippen LogP contribution in [0.5, 0.6) is 0 Å². The molecular formula is C22H20N4O8S3. The van der Waals surface area contributed by atoms with E-state index in [0.717, 1.165) is 28.0 Å². The Morgan fingerprint density at radius 3 is 2.62 bits per heavy atom. The third-order valence-corrected chi connectivity index (χ3v) is 8.74. The highest BCUT2D eigenvalue weighted by Gasteiger charge is 2.54. The van der Waals surface area contributed by atoms with E-state index in [0.29, 0.717) is 10.6 Å².